The van der Waals surface area contributed by atoms with Gasteiger partial charge in [-0.3, -0.25) is 4.79 Å². The molecule has 0 saturated heterocycles. The largest absolute Gasteiger partial charge is 0.497 e. The fourth-order valence-corrected chi connectivity index (χ4v) is 2.69. The maximum atomic E-state index is 12.3. The summed E-state index contributed by atoms with van der Waals surface area (Å²) in [5, 5.41) is 2.90. The van der Waals surface area contributed by atoms with Crippen molar-refractivity contribution in [2.24, 2.45) is 0 Å². The molecular formula is C16H15N3O3S. The Morgan fingerprint density at radius 1 is 1.35 bits per heavy atom. The molecule has 2 heterocycles. The van der Waals surface area contributed by atoms with Gasteiger partial charge in [-0.15, -0.1) is 0 Å². The molecule has 1 atom stereocenters. The molecule has 0 aliphatic carbocycles. The van der Waals surface area contributed by atoms with Crippen molar-refractivity contribution in [1.82, 2.24) is 9.97 Å². The highest BCUT2D eigenvalue weighted by molar-refractivity contribution is 8.00. The van der Waals surface area contributed by atoms with Crippen LogP contribution in [0.1, 0.15) is 6.92 Å². The number of aromatic nitrogens is 2. The average Bonchev–Trinajstić information content (AvgIpc) is 2.97. The highest BCUT2D eigenvalue weighted by Crippen LogP contribution is 2.26. The molecule has 0 aliphatic rings. The molecular weight excluding hydrogens is 314 g/mol. The van der Waals surface area contributed by atoms with E-state index in [1.807, 2.05) is 12.1 Å². The number of anilines is 1. The summed E-state index contributed by atoms with van der Waals surface area (Å²) >= 11 is 1.25. The van der Waals surface area contributed by atoms with E-state index in [2.05, 4.69) is 15.3 Å². The third kappa shape index (κ3) is 3.62. The summed E-state index contributed by atoms with van der Waals surface area (Å²) in [5.74, 6) is 0.548. The first-order valence-electron chi connectivity index (χ1n) is 6.99. The van der Waals surface area contributed by atoms with Gasteiger partial charge in [0.2, 0.25) is 5.91 Å². The van der Waals surface area contributed by atoms with E-state index in [4.69, 9.17) is 9.15 Å². The summed E-state index contributed by atoms with van der Waals surface area (Å²) in [7, 11) is 1.58. The van der Waals surface area contributed by atoms with Gasteiger partial charge in [-0.1, -0.05) is 17.8 Å². The first-order valence-corrected chi connectivity index (χ1v) is 7.87. The predicted molar refractivity (Wildman–Crippen MR) is 88.7 cm³/mol. The Balaban J connectivity index is 1.67. The summed E-state index contributed by atoms with van der Waals surface area (Å²) < 4.78 is 10.7. The summed E-state index contributed by atoms with van der Waals surface area (Å²) in [5.41, 5.74) is 1.83. The van der Waals surface area contributed by atoms with Gasteiger partial charge in [-0.2, -0.15) is 4.98 Å². The predicted octanol–water partition coefficient (Wildman–Crippen LogP) is 3.35. The fraction of sp³-hybridized carbons (Fsp3) is 0.188. The molecule has 2 aromatic heterocycles. The Bertz CT molecular complexity index is 801. The van der Waals surface area contributed by atoms with Gasteiger partial charge in [0, 0.05) is 18.0 Å². The normalized spacial score (nSPS) is 12.1. The van der Waals surface area contributed by atoms with E-state index in [1.165, 1.54) is 11.8 Å². The first-order chi connectivity index (χ1) is 11.2. The number of nitrogens with zero attached hydrogens (tertiary/aromatic N) is 2. The molecule has 0 fully saturated rings. The van der Waals surface area contributed by atoms with E-state index in [0.717, 1.165) is 0 Å². The van der Waals surface area contributed by atoms with Gasteiger partial charge in [0.15, 0.2) is 11.2 Å². The van der Waals surface area contributed by atoms with Crippen molar-refractivity contribution in [2.75, 3.05) is 12.4 Å². The van der Waals surface area contributed by atoms with Crippen LogP contribution in [0.4, 0.5) is 5.69 Å². The zero-order valence-corrected chi connectivity index (χ0v) is 13.5. The number of pyridine rings is 1. The van der Waals surface area contributed by atoms with E-state index >= 15 is 0 Å². The molecule has 1 N–H and O–H groups in total. The minimum absolute atomic E-state index is 0.140. The minimum atomic E-state index is -0.366. The number of amides is 1. The number of carbonyl (C=O) groups is 1. The third-order valence-electron chi connectivity index (χ3n) is 3.13. The summed E-state index contributed by atoms with van der Waals surface area (Å²) in [6, 6.07) is 10.8. The zero-order valence-electron chi connectivity index (χ0n) is 12.6. The van der Waals surface area contributed by atoms with Gasteiger partial charge in [0.25, 0.3) is 5.22 Å². The van der Waals surface area contributed by atoms with Crippen LogP contribution in [-0.4, -0.2) is 28.2 Å². The smallest absolute Gasteiger partial charge is 0.259 e. The van der Waals surface area contributed by atoms with Gasteiger partial charge in [0.05, 0.1) is 12.4 Å². The van der Waals surface area contributed by atoms with Crippen molar-refractivity contribution >= 4 is 34.6 Å². The molecule has 0 bridgehead atoms. The summed E-state index contributed by atoms with van der Waals surface area (Å²) in [4.78, 5) is 20.6. The van der Waals surface area contributed by atoms with Crippen molar-refractivity contribution < 1.29 is 13.9 Å². The number of nitrogens with one attached hydrogen (secondary N) is 1. The molecule has 23 heavy (non-hydrogen) atoms. The van der Waals surface area contributed by atoms with Crippen LogP contribution in [0.2, 0.25) is 0 Å². The third-order valence-corrected chi connectivity index (χ3v) is 4.07. The SMILES string of the molecule is COc1cccc(NC(=O)[C@H](C)Sc2nc3ncccc3o2)c1. The number of hydrogen-bond acceptors (Lipinski definition) is 6. The van der Waals surface area contributed by atoms with Crippen LogP contribution < -0.4 is 10.1 Å². The van der Waals surface area contributed by atoms with Gasteiger partial charge >= 0.3 is 0 Å². The Kier molecular flexibility index (Phi) is 4.47. The summed E-state index contributed by atoms with van der Waals surface area (Å²) in [6.45, 7) is 1.79. The van der Waals surface area contributed by atoms with Gasteiger partial charge in [0.1, 0.15) is 5.75 Å². The molecule has 0 spiro atoms. The molecule has 0 unspecified atom stereocenters. The number of rotatable bonds is 5. The zero-order chi connectivity index (χ0) is 16.2. The molecule has 7 heteroatoms. The van der Waals surface area contributed by atoms with E-state index in [1.54, 1.807) is 44.5 Å². The number of thioether (sulfide) groups is 1. The van der Waals surface area contributed by atoms with E-state index < -0.39 is 0 Å². The van der Waals surface area contributed by atoms with Crippen molar-refractivity contribution in [3.8, 4) is 5.75 Å². The van der Waals surface area contributed by atoms with E-state index in [9.17, 15) is 4.79 Å². The van der Waals surface area contributed by atoms with Crippen molar-refractivity contribution in [2.45, 2.75) is 17.4 Å². The van der Waals surface area contributed by atoms with Crippen LogP contribution in [0.3, 0.4) is 0 Å². The number of carbonyl (C=O) groups excluding carboxylic acids is 1. The van der Waals surface area contributed by atoms with Crippen molar-refractivity contribution in [3.63, 3.8) is 0 Å². The number of hydrogen-bond donors (Lipinski definition) is 1. The molecule has 0 aliphatic heterocycles. The molecule has 0 radical (unpaired) electrons. The van der Waals surface area contributed by atoms with E-state index in [-0.39, 0.29) is 11.2 Å². The standard InChI is InChI=1S/C16H15N3O3S/c1-10(15(20)18-11-5-3-6-12(9-11)21-2)23-16-19-14-13(22-16)7-4-8-17-14/h3-10H,1-2H3,(H,18,20)/t10-/m0/s1. The second kappa shape index (κ2) is 6.70. The fourth-order valence-electron chi connectivity index (χ4n) is 1.95. The van der Waals surface area contributed by atoms with Crippen LogP contribution in [0.5, 0.6) is 5.75 Å². The van der Waals surface area contributed by atoms with Crippen molar-refractivity contribution in [3.05, 3.63) is 42.6 Å². The highest BCUT2D eigenvalue weighted by atomic mass is 32.2. The summed E-state index contributed by atoms with van der Waals surface area (Å²) in [6.07, 6.45) is 1.65. The average molecular weight is 329 g/mol. The number of methoxy groups -OCH3 is 1. The minimum Gasteiger partial charge on any atom is -0.497 e. The van der Waals surface area contributed by atoms with Gasteiger partial charge in [-0.05, 0) is 31.2 Å². The van der Waals surface area contributed by atoms with Crippen LogP contribution in [0, 0.1) is 0 Å². The topological polar surface area (TPSA) is 77.2 Å². The lowest BCUT2D eigenvalue weighted by molar-refractivity contribution is -0.115. The lowest BCUT2D eigenvalue weighted by Crippen LogP contribution is -2.22. The van der Waals surface area contributed by atoms with Gasteiger partial charge in [-0.25, -0.2) is 4.98 Å². The van der Waals surface area contributed by atoms with E-state index in [0.29, 0.717) is 27.9 Å². The Morgan fingerprint density at radius 3 is 3.00 bits per heavy atom. The van der Waals surface area contributed by atoms with Crippen LogP contribution in [0.15, 0.2) is 52.2 Å². The van der Waals surface area contributed by atoms with Crippen LogP contribution in [0.25, 0.3) is 11.2 Å². The second-order valence-electron chi connectivity index (χ2n) is 4.79. The van der Waals surface area contributed by atoms with Gasteiger partial charge < -0.3 is 14.5 Å². The molecule has 1 aromatic carbocycles. The Morgan fingerprint density at radius 2 is 2.22 bits per heavy atom. The number of oxazole rings is 1. The van der Waals surface area contributed by atoms with Crippen LogP contribution >= 0.6 is 11.8 Å². The highest BCUT2D eigenvalue weighted by Gasteiger charge is 2.18. The van der Waals surface area contributed by atoms with Crippen molar-refractivity contribution in [1.29, 1.82) is 0 Å². The lowest BCUT2D eigenvalue weighted by Gasteiger charge is -2.10. The molecule has 118 valence electrons. The maximum Gasteiger partial charge on any atom is 0.259 e. The quantitative estimate of drug-likeness (QED) is 0.723. The lowest BCUT2D eigenvalue weighted by atomic mass is 10.3. The number of ether oxygens (including phenoxy) is 1. The molecule has 6 nitrogen and oxygen atoms in total. The molecule has 3 aromatic rings. The number of fused-ring (bicyclic) bond motifs is 1. The Hall–Kier alpha value is -2.54. The van der Waals surface area contributed by atoms with Crippen LogP contribution in [-0.2, 0) is 4.79 Å². The maximum absolute atomic E-state index is 12.3. The second-order valence-corrected chi connectivity index (χ2v) is 6.08. The monoisotopic (exact) mass is 329 g/mol. The Labute approximate surface area is 137 Å². The molecule has 3 rings (SSSR count). The molecule has 0 saturated carbocycles. The number of benzene rings is 1. The molecule has 1 amide bonds. The first kappa shape index (κ1) is 15.4.